The van der Waals surface area contributed by atoms with Crippen LogP contribution in [0.15, 0.2) is 85.1 Å². The Morgan fingerprint density at radius 3 is 1.04 bits per heavy atom. The average Bonchev–Trinajstić information content (AvgIpc) is 3.46. The van der Waals surface area contributed by atoms with Crippen molar-refractivity contribution in [1.82, 2.24) is 0 Å². The van der Waals surface area contributed by atoms with Crippen LogP contribution in [0, 0.1) is 0 Å². The van der Waals surface area contributed by atoms with Crippen molar-refractivity contribution >= 4 is 19.8 Å². The molecule has 0 bridgehead atoms. The number of ether oxygens (including phenoxy) is 2. The number of hydrogen-bond acceptors (Lipinski definition) is 7. The van der Waals surface area contributed by atoms with Gasteiger partial charge in [0.25, 0.3) is 0 Å². The third-order valence-corrected chi connectivity index (χ3v) is 15.9. The van der Waals surface area contributed by atoms with Gasteiger partial charge in [-0.25, -0.2) is 4.57 Å². The van der Waals surface area contributed by atoms with Crippen LogP contribution >= 0.6 is 7.82 Å². The zero-order chi connectivity index (χ0) is 59.8. The molecule has 0 aliphatic heterocycles. The highest BCUT2D eigenvalue weighted by Gasteiger charge is 2.27. The van der Waals surface area contributed by atoms with Gasteiger partial charge >= 0.3 is 19.8 Å². The molecule has 0 saturated carbocycles. The zero-order valence-electron chi connectivity index (χ0n) is 54.2. The number of likely N-dealkylation sites (N-methyl/N-ethyl adjacent to an activating group) is 1. The van der Waals surface area contributed by atoms with Crippen molar-refractivity contribution in [3.63, 3.8) is 0 Å². The summed E-state index contributed by atoms with van der Waals surface area (Å²) in [5.74, 6) is -0.792. The number of carbonyl (C=O) groups excluding carboxylic acids is 2. The minimum Gasteiger partial charge on any atom is -0.462 e. The van der Waals surface area contributed by atoms with Crippen molar-refractivity contribution in [3.8, 4) is 0 Å². The van der Waals surface area contributed by atoms with Crippen LogP contribution in [0.2, 0.25) is 0 Å². The molecule has 2 unspecified atom stereocenters. The summed E-state index contributed by atoms with van der Waals surface area (Å²) in [5.41, 5.74) is 0. The first-order valence-corrected chi connectivity index (χ1v) is 35.8. The van der Waals surface area contributed by atoms with E-state index in [1.54, 1.807) is 0 Å². The van der Waals surface area contributed by atoms with E-state index < -0.39 is 26.5 Å². The van der Waals surface area contributed by atoms with E-state index in [-0.39, 0.29) is 32.0 Å². The van der Waals surface area contributed by atoms with E-state index in [0.717, 1.165) is 77.0 Å². The molecule has 0 aliphatic rings. The maximum absolute atomic E-state index is 12.9. The monoisotopic (exact) mass is 1170 g/mol. The average molecular weight is 1170 g/mol. The molecule has 0 amide bonds. The lowest BCUT2D eigenvalue weighted by Crippen LogP contribution is -2.37. The molecule has 0 rings (SSSR count). The summed E-state index contributed by atoms with van der Waals surface area (Å²) < 4.78 is 34.7. The Morgan fingerprint density at radius 2 is 0.695 bits per heavy atom. The van der Waals surface area contributed by atoms with Gasteiger partial charge in [-0.1, -0.05) is 292 Å². The molecular weight excluding hydrogens is 1040 g/mol. The molecule has 0 aromatic rings. The van der Waals surface area contributed by atoms with Crippen LogP contribution in [0.3, 0.4) is 0 Å². The lowest BCUT2D eigenvalue weighted by Gasteiger charge is -2.24. The summed E-state index contributed by atoms with van der Waals surface area (Å²) in [6.45, 7) is 4.34. The number of hydrogen-bond donors (Lipinski definition) is 1. The van der Waals surface area contributed by atoms with E-state index in [1.807, 2.05) is 21.1 Å². The summed E-state index contributed by atoms with van der Waals surface area (Å²) in [4.78, 5) is 35.9. The fraction of sp³-hybridized carbons (Fsp3) is 0.778. The molecule has 0 radical (unpaired) electrons. The summed E-state index contributed by atoms with van der Waals surface area (Å²) >= 11 is 0. The van der Waals surface area contributed by atoms with Crippen LogP contribution in [0.25, 0.3) is 0 Å². The van der Waals surface area contributed by atoms with E-state index in [4.69, 9.17) is 18.5 Å². The van der Waals surface area contributed by atoms with Gasteiger partial charge in [0.1, 0.15) is 19.8 Å². The van der Waals surface area contributed by atoms with Gasteiger partial charge < -0.3 is 18.9 Å². The quantitative estimate of drug-likeness (QED) is 0.0211. The van der Waals surface area contributed by atoms with E-state index >= 15 is 0 Å². The van der Waals surface area contributed by atoms with Crippen LogP contribution in [0.4, 0.5) is 0 Å². The lowest BCUT2D eigenvalue weighted by molar-refractivity contribution is -0.870. The van der Waals surface area contributed by atoms with Crippen molar-refractivity contribution in [2.75, 3.05) is 47.5 Å². The first-order chi connectivity index (χ1) is 40.0. The first kappa shape index (κ1) is 79.2. The highest BCUT2D eigenvalue weighted by molar-refractivity contribution is 7.47. The molecule has 9 nitrogen and oxygen atoms in total. The number of nitrogens with zero attached hydrogens (tertiary/aromatic N) is 1. The van der Waals surface area contributed by atoms with Crippen LogP contribution in [-0.4, -0.2) is 74.9 Å². The largest absolute Gasteiger partial charge is 0.472 e. The van der Waals surface area contributed by atoms with Crippen molar-refractivity contribution in [3.05, 3.63) is 85.1 Å². The zero-order valence-corrected chi connectivity index (χ0v) is 55.1. The second-order valence-corrected chi connectivity index (χ2v) is 25.6. The molecule has 0 fully saturated rings. The third-order valence-electron chi connectivity index (χ3n) is 14.9. The van der Waals surface area contributed by atoms with Crippen LogP contribution in [0.5, 0.6) is 0 Å². The number of carbonyl (C=O) groups is 2. The Hall–Kier alpha value is -2.81. The second kappa shape index (κ2) is 62.7. The molecule has 0 spiro atoms. The number of phosphoric ester groups is 1. The van der Waals surface area contributed by atoms with Gasteiger partial charge in [-0.05, 0) is 89.9 Å². The normalized spacial score (nSPS) is 13.7. The Labute approximate surface area is 507 Å². The van der Waals surface area contributed by atoms with Gasteiger partial charge in [0.15, 0.2) is 6.10 Å². The highest BCUT2D eigenvalue weighted by atomic mass is 31.2. The molecule has 10 heteroatoms. The predicted molar refractivity (Wildman–Crippen MR) is 353 cm³/mol. The molecule has 476 valence electrons. The number of rotatable bonds is 63. The Bertz CT molecular complexity index is 1660. The summed E-state index contributed by atoms with van der Waals surface area (Å²) in [6, 6.07) is 0. The summed E-state index contributed by atoms with van der Waals surface area (Å²) in [5, 5.41) is 0. The van der Waals surface area contributed by atoms with Gasteiger partial charge in [-0.15, -0.1) is 0 Å². The smallest absolute Gasteiger partial charge is 0.462 e. The van der Waals surface area contributed by atoms with Crippen LogP contribution in [-0.2, 0) is 32.7 Å². The minimum atomic E-state index is -4.39. The first-order valence-electron chi connectivity index (χ1n) is 34.3. The topological polar surface area (TPSA) is 108 Å². The maximum Gasteiger partial charge on any atom is 0.472 e. The van der Waals surface area contributed by atoms with Gasteiger partial charge in [0.2, 0.25) is 0 Å². The van der Waals surface area contributed by atoms with Crippen LogP contribution < -0.4 is 0 Å². The Balaban J connectivity index is 4.05. The molecule has 0 aromatic heterocycles. The van der Waals surface area contributed by atoms with Crippen molar-refractivity contribution in [2.45, 2.75) is 315 Å². The number of quaternary nitrogens is 1. The Kier molecular flexibility index (Phi) is 60.6. The number of allylic oxidation sites excluding steroid dienone is 14. The molecular formula is C72H131NO8P+. The number of esters is 2. The van der Waals surface area contributed by atoms with Gasteiger partial charge in [0, 0.05) is 12.8 Å². The van der Waals surface area contributed by atoms with Crippen molar-refractivity contribution in [1.29, 1.82) is 0 Å². The second-order valence-electron chi connectivity index (χ2n) is 24.2. The van der Waals surface area contributed by atoms with Gasteiger partial charge in [-0.2, -0.15) is 0 Å². The maximum atomic E-state index is 12.9. The van der Waals surface area contributed by atoms with Crippen molar-refractivity contribution in [2.24, 2.45) is 0 Å². The predicted octanol–water partition coefficient (Wildman–Crippen LogP) is 22.2. The van der Waals surface area contributed by atoms with Crippen LogP contribution in [0.1, 0.15) is 309 Å². The third kappa shape index (κ3) is 66.3. The van der Waals surface area contributed by atoms with E-state index in [9.17, 15) is 19.0 Å². The molecule has 0 saturated heterocycles. The fourth-order valence-corrected chi connectivity index (χ4v) is 10.4. The van der Waals surface area contributed by atoms with E-state index in [1.165, 1.54) is 199 Å². The summed E-state index contributed by atoms with van der Waals surface area (Å²) in [6.07, 6.45) is 85.4. The summed E-state index contributed by atoms with van der Waals surface area (Å²) in [7, 11) is 1.48. The number of unbranched alkanes of at least 4 members (excludes halogenated alkanes) is 35. The Morgan fingerprint density at radius 1 is 0.390 bits per heavy atom. The molecule has 2 atom stereocenters. The highest BCUT2D eigenvalue weighted by Crippen LogP contribution is 2.43. The molecule has 1 N–H and O–H groups in total. The lowest BCUT2D eigenvalue weighted by atomic mass is 10.0. The van der Waals surface area contributed by atoms with Crippen molar-refractivity contribution < 1.29 is 42.1 Å². The number of phosphoric acid groups is 1. The molecule has 0 aromatic carbocycles. The standard InChI is InChI=1S/C72H130NO8P/c1-6-8-10-12-14-16-18-20-22-24-26-28-30-32-34-35-36-37-39-40-42-44-46-48-50-52-54-56-58-60-62-64-71(74)78-68-70(69-80-82(76,77)79-67-66-73(3,4)5)81-72(75)65-63-61-59-57-55-53-51-49-47-45-43-41-38-33-31-29-27-25-23-21-19-17-15-13-11-9-7-2/h9,11,15,17-18,20-21,23-24,26-27,29,33,38,70H,6-8,10,12-14,16,19,22,25,28,30-32,34-37,39-69H2,1-5H3/p+1/b11-9-,17-15-,20-18-,23-21-,26-24-,29-27-,38-33-. The molecule has 0 aliphatic carbocycles. The van der Waals surface area contributed by atoms with Gasteiger partial charge in [-0.3, -0.25) is 18.6 Å². The van der Waals surface area contributed by atoms with E-state index in [0.29, 0.717) is 17.4 Å². The minimum absolute atomic E-state index is 0.0293. The van der Waals surface area contributed by atoms with E-state index in [2.05, 4.69) is 98.9 Å². The molecule has 0 heterocycles. The SMILES string of the molecule is CC/C=C\C/C=C\C/C=C\C/C=C\C/C=C\CCCCCCCCCCCCCC(=O)OC(COC(=O)CCCCCCCCCCCCCCCCCCCCC/C=C\C/C=C\CCCCCCC)COP(=O)(O)OCC[N+](C)(C)C. The molecule has 82 heavy (non-hydrogen) atoms. The van der Waals surface area contributed by atoms with Gasteiger partial charge in [0.05, 0.1) is 27.7 Å². The fourth-order valence-electron chi connectivity index (χ4n) is 9.66.